The van der Waals surface area contributed by atoms with Crippen molar-refractivity contribution in [2.75, 3.05) is 0 Å². The van der Waals surface area contributed by atoms with Gasteiger partial charge in [0.1, 0.15) is 5.82 Å². The van der Waals surface area contributed by atoms with Crippen LogP contribution in [0.2, 0.25) is 0 Å². The van der Waals surface area contributed by atoms with Crippen molar-refractivity contribution in [3.05, 3.63) is 46.9 Å². The Morgan fingerprint density at radius 1 is 1.11 bits per heavy atom. The fraction of sp³-hybridized carbons (Fsp3) is 0.333. The van der Waals surface area contributed by atoms with Gasteiger partial charge in [0, 0.05) is 11.8 Å². The fourth-order valence-corrected chi connectivity index (χ4v) is 2.32. The van der Waals surface area contributed by atoms with Crippen molar-refractivity contribution in [3.63, 3.8) is 0 Å². The largest absolute Gasteiger partial charge is 0.322 e. The molecule has 2 aromatic rings. The number of hydrogen-bond acceptors (Lipinski definition) is 3. The van der Waals surface area contributed by atoms with Gasteiger partial charge in [-0.25, -0.2) is 9.97 Å². The smallest absolute Gasteiger partial charge is 0.145 e. The van der Waals surface area contributed by atoms with Crippen LogP contribution < -0.4 is 5.73 Å². The van der Waals surface area contributed by atoms with Crippen LogP contribution in [0.3, 0.4) is 0 Å². The molecule has 0 amide bonds. The summed E-state index contributed by atoms with van der Waals surface area (Å²) in [6, 6.07) is 6.15. The molecule has 1 aromatic carbocycles. The van der Waals surface area contributed by atoms with Crippen LogP contribution in [0.1, 0.15) is 35.5 Å². The first-order valence-corrected chi connectivity index (χ1v) is 6.16. The summed E-state index contributed by atoms with van der Waals surface area (Å²) in [5.41, 5.74) is 11.7. The van der Waals surface area contributed by atoms with E-state index >= 15 is 0 Å². The van der Waals surface area contributed by atoms with Crippen LogP contribution in [0, 0.1) is 20.8 Å². The zero-order valence-electron chi connectivity index (χ0n) is 11.4. The Labute approximate surface area is 108 Å². The third kappa shape index (κ3) is 2.41. The summed E-state index contributed by atoms with van der Waals surface area (Å²) < 4.78 is 0. The first-order chi connectivity index (χ1) is 8.49. The van der Waals surface area contributed by atoms with Gasteiger partial charge < -0.3 is 5.73 Å². The normalized spacial score (nSPS) is 12.5. The fourth-order valence-electron chi connectivity index (χ4n) is 2.32. The van der Waals surface area contributed by atoms with E-state index in [1.54, 1.807) is 6.20 Å². The maximum absolute atomic E-state index is 5.84. The van der Waals surface area contributed by atoms with Gasteiger partial charge in [-0.15, -0.1) is 0 Å². The first kappa shape index (κ1) is 12.7. The van der Waals surface area contributed by atoms with Gasteiger partial charge >= 0.3 is 0 Å². The Kier molecular flexibility index (Phi) is 3.43. The van der Waals surface area contributed by atoms with Crippen molar-refractivity contribution >= 4 is 0 Å². The molecular weight excluding hydrogens is 222 g/mol. The molecule has 0 aliphatic heterocycles. The van der Waals surface area contributed by atoms with Crippen LogP contribution in [0.5, 0.6) is 0 Å². The van der Waals surface area contributed by atoms with Gasteiger partial charge in [0.15, 0.2) is 0 Å². The number of aryl methyl sites for hydroxylation is 3. The summed E-state index contributed by atoms with van der Waals surface area (Å²) in [5.74, 6) is 0.687. The van der Waals surface area contributed by atoms with Crippen LogP contribution in [0.15, 0.2) is 24.4 Å². The molecule has 0 spiro atoms. The van der Waals surface area contributed by atoms with E-state index in [1.165, 1.54) is 22.3 Å². The van der Waals surface area contributed by atoms with Crippen molar-refractivity contribution in [3.8, 4) is 11.3 Å². The highest BCUT2D eigenvalue weighted by molar-refractivity contribution is 5.67. The molecule has 0 bridgehead atoms. The Morgan fingerprint density at radius 3 is 2.28 bits per heavy atom. The molecule has 0 aliphatic rings. The summed E-state index contributed by atoms with van der Waals surface area (Å²) >= 11 is 0. The van der Waals surface area contributed by atoms with E-state index in [9.17, 15) is 0 Å². The van der Waals surface area contributed by atoms with Gasteiger partial charge in [-0.3, -0.25) is 0 Å². The van der Waals surface area contributed by atoms with E-state index in [4.69, 9.17) is 5.73 Å². The third-order valence-electron chi connectivity index (χ3n) is 3.01. The van der Waals surface area contributed by atoms with Crippen molar-refractivity contribution in [1.82, 2.24) is 9.97 Å². The molecule has 1 atom stereocenters. The van der Waals surface area contributed by atoms with Crippen molar-refractivity contribution in [1.29, 1.82) is 0 Å². The second-order valence-corrected chi connectivity index (χ2v) is 4.86. The molecule has 2 N–H and O–H groups in total. The minimum absolute atomic E-state index is 0.143. The topological polar surface area (TPSA) is 51.8 Å². The van der Waals surface area contributed by atoms with E-state index < -0.39 is 0 Å². The van der Waals surface area contributed by atoms with E-state index in [0.29, 0.717) is 5.82 Å². The average molecular weight is 241 g/mol. The number of rotatable bonds is 2. The Balaban J connectivity index is 2.59. The summed E-state index contributed by atoms with van der Waals surface area (Å²) in [6.45, 7) is 8.23. The molecule has 1 aromatic heterocycles. The summed E-state index contributed by atoms with van der Waals surface area (Å²) in [4.78, 5) is 8.76. The van der Waals surface area contributed by atoms with Gasteiger partial charge in [-0.05, 0) is 44.9 Å². The molecule has 0 aliphatic carbocycles. The molecule has 0 radical (unpaired) electrons. The molecule has 1 unspecified atom stereocenters. The highest BCUT2D eigenvalue weighted by Gasteiger charge is 2.10. The van der Waals surface area contributed by atoms with Gasteiger partial charge in [0.2, 0.25) is 0 Å². The maximum Gasteiger partial charge on any atom is 0.145 e. The molecule has 3 heteroatoms. The monoisotopic (exact) mass is 241 g/mol. The van der Waals surface area contributed by atoms with Crippen LogP contribution >= 0.6 is 0 Å². The number of hydrogen-bond donors (Lipinski definition) is 1. The van der Waals surface area contributed by atoms with Crippen molar-refractivity contribution < 1.29 is 0 Å². The van der Waals surface area contributed by atoms with E-state index in [0.717, 1.165) is 5.69 Å². The second-order valence-electron chi connectivity index (χ2n) is 4.86. The second kappa shape index (κ2) is 4.86. The lowest BCUT2D eigenvalue weighted by atomic mass is 9.97. The lowest BCUT2D eigenvalue weighted by Crippen LogP contribution is -2.10. The van der Waals surface area contributed by atoms with Gasteiger partial charge in [-0.1, -0.05) is 17.7 Å². The Bertz CT molecular complexity index is 551. The zero-order valence-corrected chi connectivity index (χ0v) is 11.4. The molecular formula is C15H19N3. The van der Waals surface area contributed by atoms with Crippen molar-refractivity contribution in [2.24, 2.45) is 5.73 Å². The van der Waals surface area contributed by atoms with Crippen LogP contribution in [-0.4, -0.2) is 9.97 Å². The number of benzene rings is 1. The van der Waals surface area contributed by atoms with E-state index in [1.807, 2.05) is 13.0 Å². The van der Waals surface area contributed by atoms with Gasteiger partial charge in [-0.2, -0.15) is 0 Å². The SMILES string of the molecule is Cc1cc(C)c(-c2ccnc(C(C)N)n2)c(C)c1. The Hall–Kier alpha value is -1.74. The molecule has 0 saturated heterocycles. The summed E-state index contributed by atoms with van der Waals surface area (Å²) in [7, 11) is 0. The summed E-state index contributed by atoms with van der Waals surface area (Å²) in [6.07, 6.45) is 1.78. The minimum atomic E-state index is -0.143. The van der Waals surface area contributed by atoms with Gasteiger partial charge in [0.25, 0.3) is 0 Å². The minimum Gasteiger partial charge on any atom is -0.322 e. The predicted molar refractivity (Wildman–Crippen MR) is 74.3 cm³/mol. The zero-order chi connectivity index (χ0) is 13.3. The lowest BCUT2D eigenvalue weighted by Gasteiger charge is -2.12. The molecule has 2 rings (SSSR count). The number of nitrogens with two attached hydrogens (primary N) is 1. The van der Waals surface area contributed by atoms with E-state index in [2.05, 4.69) is 42.9 Å². The number of nitrogens with zero attached hydrogens (tertiary/aromatic N) is 2. The van der Waals surface area contributed by atoms with Crippen molar-refractivity contribution in [2.45, 2.75) is 33.7 Å². The van der Waals surface area contributed by atoms with E-state index in [-0.39, 0.29) is 6.04 Å². The standard InChI is InChI=1S/C15H19N3/c1-9-7-10(2)14(11(3)8-9)13-5-6-17-15(18-13)12(4)16/h5-8,12H,16H2,1-4H3. The summed E-state index contributed by atoms with van der Waals surface area (Å²) in [5, 5.41) is 0. The lowest BCUT2D eigenvalue weighted by molar-refractivity contribution is 0.740. The highest BCUT2D eigenvalue weighted by atomic mass is 14.9. The average Bonchev–Trinajstić information content (AvgIpc) is 2.28. The Morgan fingerprint density at radius 2 is 1.72 bits per heavy atom. The van der Waals surface area contributed by atoms with Crippen LogP contribution in [0.25, 0.3) is 11.3 Å². The van der Waals surface area contributed by atoms with Crippen LogP contribution in [-0.2, 0) is 0 Å². The first-order valence-electron chi connectivity index (χ1n) is 6.16. The maximum atomic E-state index is 5.84. The number of aromatic nitrogens is 2. The molecule has 1 heterocycles. The molecule has 0 fully saturated rings. The molecule has 94 valence electrons. The third-order valence-corrected chi connectivity index (χ3v) is 3.01. The quantitative estimate of drug-likeness (QED) is 0.879. The van der Waals surface area contributed by atoms with Gasteiger partial charge in [0.05, 0.1) is 11.7 Å². The molecule has 0 saturated carbocycles. The molecule has 18 heavy (non-hydrogen) atoms. The van der Waals surface area contributed by atoms with Crippen LogP contribution in [0.4, 0.5) is 0 Å². The highest BCUT2D eigenvalue weighted by Crippen LogP contribution is 2.27. The predicted octanol–water partition coefficient (Wildman–Crippen LogP) is 3.09. The molecule has 3 nitrogen and oxygen atoms in total.